The zero-order valence-corrected chi connectivity index (χ0v) is 16.8. The van der Waals surface area contributed by atoms with Crippen LogP contribution in [0.3, 0.4) is 0 Å². The first-order chi connectivity index (χ1) is 14.5. The van der Waals surface area contributed by atoms with Crippen LogP contribution in [0, 0.1) is 0 Å². The first-order valence-electron chi connectivity index (χ1n) is 9.99. The summed E-state index contributed by atoms with van der Waals surface area (Å²) in [4.78, 5) is 50.4. The maximum atomic E-state index is 12.7. The van der Waals surface area contributed by atoms with Crippen molar-refractivity contribution in [2.24, 2.45) is 0 Å². The molecule has 1 aliphatic heterocycles. The van der Waals surface area contributed by atoms with Crippen molar-refractivity contribution in [2.75, 3.05) is 19.7 Å². The van der Waals surface area contributed by atoms with Gasteiger partial charge in [-0.15, -0.1) is 0 Å². The summed E-state index contributed by atoms with van der Waals surface area (Å²) in [6, 6.07) is 13.8. The molecule has 7 nitrogen and oxygen atoms in total. The lowest BCUT2D eigenvalue weighted by Gasteiger charge is -2.13. The molecule has 0 unspecified atom stereocenters. The van der Waals surface area contributed by atoms with Gasteiger partial charge in [-0.2, -0.15) is 0 Å². The van der Waals surface area contributed by atoms with Crippen molar-refractivity contribution in [3.8, 4) is 0 Å². The minimum Gasteiger partial charge on any atom is -0.452 e. The summed E-state index contributed by atoms with van der Waals surface area (Å²) in [5.41, 5.74) is 1.59. The number of imide groups is 1. The number of nitrogens with one attached hydrogen (secondary N) is 1. The van der Waals surface area contributed by atoms with Crippen molar-refractivity contribution < 1.29 is 23.9 Å². The third kappa shape index (κ3) is 4.92. The molecule has 0 aromatic heterocycles. The number of amides is 3. The summed E-state index contributed by atoms with van der Waals surface area (Å²) in [5.74, 6) is -1.90. The number of fused-ring (bicyclic) bond motifs is 1. The largest absolute Gasteiger partial charge is 0.452 e. The Kier molecular flexibility index (Phi) is 6.95. The number of nitrogens with zero attached hydrogens (tertiary/aromatic N) is 1. The number of carbonyl (C=O) groups is 4. The number of benzene rings is 2. The SMILES string of the molecule is CCCCNC(=O)COC(=O)c1ccc2c(c1)C(=O)N(CCc1ccccc1)C2=O. The molecule has 0 atom stereocenters. The van der Waals surface area contributed by atoms with E-state index in [4.69, 9.17) is 4.74 Å². The van der Waals surface area contributed by atoms with Gasteiger partial charge in [0.2, 0.25) is 0 Å². The molecule has 0 bridgehead atoms. The second-order valence-corrected chi connectivity index (χ2v) is 7.04. The van der Waals surface area contributed by atoms with Crippen LogP contribution in [0.2, 0.25) is 0 Å². The van der Waals surface area contributed by atoms with Crippen LogP contribution in [0.15, 0.2) is 48.5 Å². The first-order valence-corrected chi connectivity index (χ1v) is 9.99. The molecule has 0 saturated heterocycles. The molecule has 1 heterocycles. The van der Waals surface area contributed by atoms with Crippen LogP contribution in [0.4, 0.5) is 0 Å². The molecule has 30 heavy (non-hydrogen) atoms. The summed E-state index contributed by atoms with van der Waals surface area (Å²) in [6.45, 7) is 2.40. The van der Waals surface area contributed by atoms with E-state index in [-0.39, 0.29) is 35.0 Å². The van der Waals surface area contributed by atoms with E-state index in [0.717, 1.165) is 18.4 Å². The third-order valence-electron chi connectivity index (χ3n) is 4.86. The Morgan fingerprint density at radius 1 is 1.00 bits per heavy atom. The van der Waals surface area contributed by atoms with Gasteiger partial charge in [0, 0.05) is 13.1 Å². The molecule has 0 radical (unpaired) electrons. The number of rotatable bonds is 9. The van der Waals surface area contributed by atoms with Crippen LogP contribution >= 0.6 is 0 Å². The molecule has 2 aromatic carbocycles. The maximum absolute atomic E-state index is 12.7. The smallest absolute Gasteiger partial charge is 0.338 e. The molecular formula is C23H24N2O5. The van der Waals surface area contributed by atoms with Gasteiger partial charge in [-0.05, 0) is 36.6 Å². The van der Waals surface area contributed by atoms with E-state index in [2.05, 4.69) is 5.32 Å². The van der Waals surface area contributed by atoms with Gasteiger partial charge in [-0.1, -0.05) is 43.7 Å². The molecule has 3 rings (SSSR count). The van der Waals surface area contributed by atoms with E-state index in [1.165, 1.54) is 23.1 Å². The molecular weight excluding hydrogens is 384 g/mol. The Morgan fingerprint density at radius 2 is 1.73 bits per heavy atom. The van der Waals surface area contributed by atoms with E-state index >= 15 is 0 Å². The predicted molar refractivity (Wildman–Crippen MR) is 110 cm³/mol. The van der Waals surface area contributed by atoms with E-state index in [0.29, 0.717) is 13.0 Å². The summed E-state index contributed by atoms with van der Waals surface area (Å²) in [7, 11) is 0. The number of hydrogen-bond acceptors (Lipinski definition) is 5. The van der Waals surface area contributed by atoms with Crippen molar-refractivity contribution in [1.29, 1.82) is 0 Å². The van der Waals surface area contributed by atoms with E-state index in [1.807, 2.05) is 37.3 Å². The highest BCUT2D eigenvalue weighted by Gasteiger charge is 2.35. The second kappa shape index (κ2) is 9.82. The van der Waals surface area contributed by atoms with Crippen LogP contribution in [0.25, 0.3) is 0 Å². The van der Waals surface area contributed by atoms with Gasteiger partial charge in [0.05, 0.1) is 16.7 Å². The van der Waals surface area contributed by atoms with Gasteiger partial charge in [-0.25, -0.2) is 4.79 Å². The minimum absolute atomic E-state index is 0.126. The second-order valence-electron chi connectivity index (χ2n) is 7.04. The lowest BCUT2D eigenvalue weighted by Crippen LogP contribution is -2.31. The molecule has 2 aromatic rings. The Labute approximate surface area is 175 Å². The van der Waals surface area contributed by atoms with Gasteiger partial charge in [-0.3, -0.25) is 19.3 Å². The Hall–Kier alpha value is -3.48. The van der Waals surface area contributed by atoms with Crippen molar-refractivity contribution in [1.82, 2.24) is 10.2 Å². The normalized spacial score (nSPS) is 12.6. The molecule has 0 aliphatic carbocycles. The van der Waals surface area contributed by atoms with Crippen molar-refractivity contribution in [3.05, 3.63) is 70.8 Å². The standard InChI is InChI=1S/C23H24N2O5/c1-2-3-12-24-20(26)15-30-23(29)17-9-10-18-19(14-17)22(28)25(21(18)27)13-11-16-7-5-4-6-8-16/h4-10,14H,2-3,11-13,15H2,1H3,(H,24,26). The maximum Gasteiger partial charge on any atom is 0.338 e. The molecule has 3 amide bonds. The fourth-order valence-corrected chi connectivity index (χ4v) is 3.18. The van der Waals surface area contributed by atoms with Crippen molar-refractivity contribution in [3.63, 3.8) is 0 Å². The summed E-state index contributed by atoms with van der Waals surface area (Å²) in [6.07, 6.45) is 2.35. The number of hydrogen-bond donors (Lipinski definition) is 1. The van der Waals surface area contributed by atoms with Gasteiger partial charge in [0.15, 0.2) is 6.61 Å². The molecule has 1 aliphatic rings. The van der Waals surface area contributed by atoms with Crippen LogP contribution in [-0.2, 0) is 16.0 Å². The Balaban J connectivity index is 1.61. The van der Waals surface area contributed by atoms with Gasteiger partial charge >= 0.3 is 5.97 Å². The zero-order valence-electron chi connectivity index (χ0n) is 16.8. The Bertz CT molecular complexity index is 955. The summed E-state index contributed by atoms with van der Waals surface area (Å²) in [5, 5.41) is 2.66. The van der Waals surface area contributed by atoms with Crippen LogP contribution < -0.4 is 5.32 Å². The summed E-state index contributed by atoms with van der Waals surface area (Å²) >= 11 is 0. The van der Waals surface area contributed by atoms with Crippen molar-refractivity contribution >= 4 is 23.7 Å². The molecule has 0 saturated carbocycles. The topological polar surface area (TPSA) is 92.8 Å². The fourth-order valence-electron chi connectivity index (χ4n) is 3.18. The number of carbonyl (C=O) groups excluding carboxylic acids is 4. The number of ether oxygens (including phenoxy) is 1. The molecule has 0 spiro atoms. The van der Waals surface area contributed by atoms with Gasteiger partial charge in [0.25, 0.3) is 17.7 Å². The fraction of sp³-hybridized carbons (Fsp3) is 0.304. The summed E-state index contributed by atoms with van der Waals surface area (Å²) < 4.78 is 5.01. The monoisotopic (exact) mass is 408 g/mol. The highest BCUT2D eigenvalue weighted by molar-refractivity contribution is 6.22. The molecule has 156 valence electrons. The van der Waals surface area contributed by atoms with E-state index < -0.39 is 18.5 Å². The van der Waals surface area contributed by atoms with E-state index in [1.54, 1.807) is 0 Å². The highest BCUT2D eigenvalue weighted by Crippen LogP contribution is 2.24. The zero-order chi connectivity index (χ0) is 21.5. The van der Waals surface area contributed by atoms with Crippen LogP contribution in [0.5, 0.6) is 0 Å². The first kappa shape index (κ1) is 21.2. The highest BCUT2D eigenvalue weighted by atomic mass is 16.5. The van der Waals surface area contributed by atoms with Gasteiger partial charge < -0.3 is 10.1 Å². The molecule has 0 fully saturated rings. The lowest BCUT2D eigenvalue weighted by molar-refractivity contribution is -0.124. The van der Waals surface area contributed by atoms with E-state index in [9.17, 15) is 19.2 Å². The number of esters is 1. The average Bonchev–Trinajstić information content (AvgIpc) is 3.00. The molecule has 1 N–H and O–H groups in total. The van der Waals surface area contributed by atoms with Gasteiger partial charge in [0.1, 0.15) is 0 Å². The Morgan fingerprint density at radius 3 is 2.47 bits per heavy atom. The molecule has 7 heteroatoms. The average molecular weight is 408 g/mol. The third-order valence-corrected chi connectivity index (χ3v) is 4.86. The van der Waals surface area contributed by atoms with Crippen molar-refractivity contribution in [2.45, 2.75) is 26.2 Å². The lowest BCUT2D eigenvalue weighted by atomic mass is 10.1. The number of unbranched alkanes of at least 4 members (excludes halogenated alkanes) is 1. The minimum atomic E-state index is -0.716. The quantitative estimate of drug-likeness (QED) is 0.391. The predicted octanol–water partition coefficient (Wildman–Crippen LogP) is 2.60. The van der Waals surface area contributed by atoms with Crippen LogP contribution in [0.1, 0.15) is 56.4 Å². The van der Waals surface area contributed by atoms with Crippen LogP contribution in [-0.4, -0.2) is 48.3 Å².